The average Bonchev–Trinajstić information content (AvgIpc) is 1.89. The molecular formula is C8H7ClO. The van der Waals surface area contributed by atoms with Gasteiger partial charge in [0.25, 0.3) is 0 Å². The van der Waals surface area contributed by atoms with Crippen molar-refractivity contribution < 1.29 is 5.11 Å². The highest BCUT2D eigenvalue weighted by atomic mass is 35.5. The molecule has 0 saturated carbocycles. The third-order valence-electron chi connectivity index (χ3n) is 0.622. The Morgan fingerprint density at radius 3 is 2.80 bits per heavy atom. The van der Waals surface area contributed by atoms with Gasteiger partial charge in [-0.15, -0.1) is 0 Å². The molecule has 2 heteroatoms. The molecule has 0 aliphatic rings. The van der Waals surface area contributed by atoms with Crippen LogP contribution in [0, 0.1) is 11.8 Å². The van der Waals surface area contributed by atoms with Gasteiger partial charge in [0.1, 0.15) is 0 Å². The number of aliphatic hydroxyl groups is 1. The Balaban J connectivity index is 4.03. The van der Waals surface area contributed by atoms with Crippen molar-refractivity contribution in [3.8, 4) is 11.8 Å². The van der Waals surface area contributed by atoms with Crippen LogP contribution in [-0.2, 0) is 0 Å². The Hall–Kier alpha value is -1.13. The molecular weight excluding hydrogens is 148 g/mol. The van der Waals surface area contributed by atoms with E-state index in [1.165, 1.54) is 23.8 Å². The van der Waals surface area contributed by atoms with Crippen LogP contribution in [0.5, 0.6) is 0 Å². The summed E-state index contributed by atoms with van der Waals surface area (Å²) in [6.45, 7) is 3.38. The van der Waals surface area contributed by atoms with Gasteiger partial charge in [0.2, 0.25) is 0 Å². The lowest BCUT2D eigenvalue weighted by atomic mass is 10.4. The summed E-state index contributed by atoms with van der Waals surface area (Å²) in [6.07, 6.45) is 4.28. The van der Waals surface area contributed by atoms with E-state index in [0.29, 0.717) is 0 Å². The molecule has 52 valence electrons. The molecule has 10 heavy (non-hydrogen) atoms. The number of hydrogen-bond acceptors (Lipinski definition) is 1. The van der Waals surface area contributed by atoms with E-state index in [1.807, 2.05) is 0 Å². The lowest BCUT2D eigenvalue weighted by molar-refractivity contribution is 0.438. The Morgan fingerprint density at radius 1 is 1.60 bits per heavy atom. The minimum atomic E-state index is -0.0234. The average molecular weight is 155 g/mol. The Morgan fingerprint density at radius 2 is 2.30 bits per heavy atom. The van der Waals surface area contributed by atoms with Crippen LogP contribution in [0.4, 0.5) is 0 Å². The van der Waals surface area contributed by atoms with Crippen LogP contribution in [-0.4, -0.2) is 5.11 Å². The molecule has 0 heterocycles. The molecule has 0 aliphatic carbocycles. The fourth-order valence-electron chi connectivity index (χ4n) is 0.300. The molecule has 0 unspecified atom stereocenters. The monoisotopic (exact) mass is 154 g/mol. The van der Waals surface area contributed by atoms with Gasteiger partial charge >= 0.3 is 0 Å². The van der Waals surface area contributed by atoms with E-state index in [1.54, 1.807) is 0 Å². The van der Waals surface area contributed by atoms with E-state index in [9.17, 15) is 0 Å². The topological polar surface area (TPSA) is 20.2 Å². The van der Waals surface area contributed by atoms with Gasteiger partial charge in [-0.05, 0) is 18.1 Å². The normalized spacial score (nSPS) is 10.7. The van der Waals surface area contributed by atoms with Crippen molar-refractivity contribution in [3.05, 3.63) is 36.1 Å². The van der Waals surface area contributed by atoms with Gasteiger partial charge < -0.3 is 5.11 Å². The maximum absolute atomic E-state index is 8.82. The van der Waals surface area contributed by atoms with Crippen LogP contribution in [0.1, 0.15) is 0 Å². The molecule has 1 nitrogen and oxygen atoms in total. The maximum Gasteiger partial charge on any atom is 0.167 e. The first-order valence-corrected chi connectivity index (χ1v) is 3.03. The van der Waals surface area contributed by atoms with Gasteiger partial charge in [-0.3, -0.25) is 0 Å². The van der Waals surface area contributed by atoms with E-state index in [4.69, 9.17) is 16.7 Å². The first-order valence-electron chi connectivity index (χ1n) is 2.59. The fourth-order valence-corrected chi connectivity index (χ4v) is 0.363. The minimum Gasteiger partial charge on any atom is -0.501 e. The Labute approximate surface area is 65.3 Å². The summed E-state index contributed by atoms with van der Waals surface area (Å²) in [5, 5.41) is 8.82. The van der Waals surface area contributed by atoms with Gasteiger partial charge in [0, 0.05) is 5.54 Å². The van der Waals surface area contributed by atoms with Crippen LogP contribution < -0.4 is 0 Å². The van der Waals surface area contributed by atoms with E-state index < -0.39 is 0 Å². The van der Waals surface area contributed by atoms with Crippen LogP contribution in [0.2, 0.25) is 0 Å². The molecule has 0 aromatic carbocycles. The van der Waals surface area contributed by atoms with Gasteiger partial charge in [-0.2, -0.15) is 0 Å². The summed E-state index contributed by atoms with van der Waals surface area (Å²) >= 11 is 5.16. The van der Waals surface area contributed by atoms with E-state index in [2.05, 4.69) is 18.4 Å². The Kier molecular flexibility index (Phi) is 5.32. The lowest BCUT2D eigenvalue weighted by Crippen LogP contribution is -1.69. The van der Waals surface area contributed by atoms with Crippen molar-refractivity contribution >= 4 is 11.6 Å². The second-order valence-electron chi connectivity index (χ2n) is 1.35. The molecule has 0 atom stereocenters. The van der Waals surface area contributed by atoms with Crippen molar-refractivity contribution in [2.24, 2.45) is 0 Å². The minimum absolute atomic E-state index is 0.0234. The molecule has 0 amide bonds. The van der Waals surface area contributed by atoms with E-state index >= 15 is 0 Å². The first kappa shape index (κ1) is 8.87. The van der Waals surface area contributed by atoms with E-state index in [-0.39, 0.29) is 5.76 Å². The van der Waals surface area contributed by atoms with Gasteiger partial charge in [0.05, 0.1) is 0 Å². The number of hydrogen-bond donors (Lipinski definition) is 1. The summed E-state index contributed by atoms with van der Waals surface area (Å²) in [7, 11) is 0. The van der Waals surface area contributed by atoms with Gasteiger partial charge in [0.15, 0.2) is 5.76 Å². The van der Waals surface area contributed by atoms with Crippen LogP contribution in [0.15, 0.2) is 36.1 Å². The highest BCUT2D eigenvalue weighted by Gasteiger charge is 1.75. The third kappa shape index (κ3) is 5.02. The van der Waals surface area contributed by atoms with Crippen molar-refractivity contribution in [2.45, 2.75) is 0 Å². The van der Waals surface area contributed by atoms with Crippen molar-refractivity contribution in [3.63, 3.8) is 0 Å². The molecule has 0 fully saturated rings. The third-order valence-corrected chi connectivity index (χ3v) is 0.748. The molecule has 0 aromatic heterocycles. The number of allylic oxidation sites excluding steroid dienone is 4. The van der Waals surface area contributed by atoms with E-state index in [0.717, 1.165) is 0 Å². The number of halogens is 1. The zero-order valence-electron chi connectivity index (χ0n) is 5.34. The standard InChI is InChI=1S/C8H7ClO/c1-2-5-8(10)6-3-4-7-9/h2,4-5,7,10H,1H2/b7-4+,8-5-. The molecule has 0 radical (unpaired) electrons. The predicted octanol–water partition coefficient (Wildman–Crippen LogP) is 2.37. The molecule has 0 bridgehead atoms. The predicted molar refractivity (Wildman–Crippen MR) is 43.7 cm³/mol. The highest BCUT2D eigenvalue weighted by Crippen LogP contribution is 1.84. The lowest BCUT2D eigenvalue weighted by Gasteiger charge is -1.78. The summed E-state index contributed by atoms with van der Waals surface area (Å²) in [5.74, 6) is 4.88. The van der Waals surface area contributed by atoms with Gasteiger partial charge in [-0.25, -0.2) is 0 Å². The summed E-state index contributed by atoms with van der Waals surface area (Å²) < 4.78 is 0. The molecule has 0 spiro atoms. The zero-order valence-corrected chi connectivity index (χ0v) is 6.10. The molecule has 1 N–H and O–H groups in total. The van der Waals surface area contributed by atoms with Crippen LogP contribution in [0.25, 0.3) is 0 Å². The van der Waals surface area contributed by atoms with Crippen molar-refractivity contribution in [1.82, 2.24) is 0 Å². The SMILES string of the molecule is C=C/C=C(\O)C#C/C=C/Cl. The van der Waals surface area contributed by atoms with Crippen LogP contribution >= 0.6 is 11.6 Å². The zero-order chi connectivity index (χ0) is 7.82. The number of aliphatic hydroxyl groups excluding tert-OH is 1. The smallest absolute Gasteiger partial charge is 0.167 e. The maximum atomic E-state index is 8.82. The molecule has 0 rings (SSSR count). The Bertz CT molecular complexity index is 215. The van der Waals surface area contributed by atoms with Crippen LogP contribution in [0.3, 0.4) is 0 Å². The molecule has 0 aromatic rings. The summed E-state index contributed by atoms with van der Waals surface area (Å²) in [5.41, 5.74) is 1.27. The number of rotatable bonds is 1. The van der Waals surface area contributed by atoms with Crippen molar-refractivity contribution in [1.29, 1.82) is 0 Å². The van der Waals surface area contributed by atoms with Gasteiger partial charge in [-0.1, -0.05) is 30.2 Å². The highest BCUT2D eigenvalue weighted by molar-refractivity contribution is 6.25. The summed E-state index contributed by atoms with van der Waals surface area (Å²) in [6, 6.07) is 0. The largest absolute Gasteiger partial charge is 0.501 e. The first-order chi connectivity index (χ1) is 4.81. The quantitative estimate of drug-likeness (QED) is 0.349. The molecule has 0 saturated heterocycles. The second-order valence-corrected chi connectivity index (χ2v) is 1.60. The second kappa shape index (κ2) is 6.00. The van der Waals surface area contributed by atoms with Crippen molar-refractivity contribution in [2.75, 3.05) is 0 Å². The molecule has 0 aliphatic heterocycles. The summed E-state index contributed by atoms with van der Waals surface area (Å²) in [4.78, 5) is 0. The fraction of sp³-hybridized carbons (Fsp3) is 0.